The molecule has 2 N–H and O–H groups in total. The van der Waals surface area contributed by atoms with E-state index >= 15 is 0 Å². The Balaban J connectivity index is 1.75. The van der Waals surface area contributed by atoms with Crippen molar-refractivity contribution in [3.8, 4) is 0 Å². The fourth-order valence-corrected chi connectivity index (χ4v) is 3.18. The molecule has 4 rings (SSSR count). The molecule has 2 aromatic carbocycles. The minimum Gasteiger partial charge on any atom is -0.469 e. The van der Waals surface area contributed by atoms with Crippen molar-refractivity contribution in [1.29, 1.82) is 0 Å². The van der Waals surface area contributed by atoms with E-state index in [1.807, 2.05) is 30.3 Å². The zero-order valence-corrected chi connectivity index (χ0v) is 15.2. The summed E-state index contributed by atoms with van der Waals surface area (Å²) < 4.78 is 44.1. The number of H-pyrrole nitrogens is 1. The standard InChI is InChI=1S/C21H16F3N3O2/c1-12-15(9-10-29-12)19(28)27-18(13-5-3-2-4-6-13)14-7-8-16-17(11-14)26-20(25-16)21(22,23)24/h2-11,18H,1H3,(H,25,26)(H,27,28)/t18-/m1/s1. The number of imidazole rings is 1. The van der Waals surface area contributed by atoms with Gasteiger partial charge in [-0.05, 0) is 36.2 Å². The van der Waals surface area contributed by atoms with Crippen molar-refractivity contribution >= 4 is 16.9 Å². The molecule has 8 heteroatoms. The maximum absolute atomic E-state index is 13.0. The van der Waals surface area contributed by atoms with Crippen molar-refractivity contribution in [3.05, 3.63) is 89.1 Å². The molecule has 1 amide bonds. The van der Waals surface area contributed by atoms with Crippen LogP contribution in [0.5, 0.6) is 0 Å². The quantitative estimate of drug-likeness (QED) is 0.507. The molecule has 0 spiro atoms. The Hall–Kier alpha value is -3.55. The summed E-state index contributed by atoms with van der Waals surface area (Å²) in [7, 11) is 0. The SMILES string of the molecule is Cc1occc1C(=O)N[C@H](c1ccccc1)c1ccc2nc(C(F)(F)F)[nH]c2c1. The topological polar surface area (TPSA) is 70.9 Å². The Kier molecular flexibility index (Phi) is 4.62. The van der Waals surface area contributed by atoms with E-state index in [1.54, 1.807) is 25.1 Å². The number of fused-ring (bicyclic) bond motifs is 1. The number of alkyl halides is 3. The number of halogens is 3. The van der Waals surface area contributed by atoms with Crippen LogP contribution < -0.4 is 5.32 Å². The van der Waals surface area contributed by atoms with Crippen LogP contribution in [0.2, 0.25) is 0 Å². The van der Waals surface area contributed by atoms with E-state index in [-0.39, 0.29) is 16.9 Å². The van der Waals surface area contributed by atoms with E-state index in [0.29, 0.717) is 16.9 Å². The van der Waals surface area contributed by atoms with Crippen molar-refractivity contribution in [3.63, 3.8) is 0 Å². The molecule has 1 atom stereocenters. The summed E-state index contributed by atoms with van der Waals surface area (Å²) in [6, 6.07) is 14.9. The van der Waals surface area contributed by atoms with Gasteiger partial charge in [-0.3, -0.25) is 4.79 Å². The molecule has 148 valence electrons. The summed E-state index contributed by atoms with van der Waals surface area (Å²) in [5.41, 5.74) is 2.25. The van der Waals surface area contributed by atoms with E-state index in [0.717, 1.165) is 5.56 Å². The first-order chi connectivity index (χ1) is 13.8. The van der Waals surface area contributed by atoms with Gasteiger partial charge < -0.3 is 14.7 Å². The third-order valence-corrected chi connectivity index (χ3v) is 4.62. The lowest BCUT2D eigenvalue weighted by Gasteiger charge is -2.20. The van der Waals surface area contributed by atoms with Gasteiger partial charge in [0.15, 0.2) is 0 Å². The number of benzene rings is 2. The number of nitrogens with zero attached hydrogens (tertiary/aromatic N) is 1. The number of amides is 1. The van der Waals surface area contributed by atoms with E-state index < -0.39 is 18.0 Å². The van der Waals surface area contributed by atoms with Crippen molar-refractivity contribution in [2.24, 2.45) is 0 Å². The van der Waals surface area contributed by atoms with Gasteiger partial charge in [-0.25, -0.2) is 4.98 Å². The number of hydrogen-bond acceptors (Lipinski definition) is 3. The Morgan fingerprint density at radius 2 is 1.86 bits per heavy atom. The Labute approximate surface area is 163 Å². The van der Waals surface area contributed by atoms with Crippen LogP contribution >= 0.6 is 0 Å². The highest BCUT2D eigenvalue weighted by molar-refractivity contribution is 5.95. The van der Waals surface area contributed by atoms with Crippen LogP contribution in [-0.2, 0) is 6.18 Å². The number of carbonyl (C=O) groups is 1. The van der Waals surface area contributed by atoms with Gasteiger partial charge in [0.05, 0.1) is 28.9 Å². The maximum Gasteiger partial charge on any atom is 0.449 e. The normalized spacial score (nSPS) is 12.8. The summed E-state index contributed by atoms with van der Waals surface area (Å²) in [6.07, 6.45) is -3.14. The van der Waals surface area contributed by atoms with E-state index in [1.165, 1.54) is 12.3 Å². The molecule has 4 aromatic rings. The minimum atomic E-state index is -4.56. The molecule has 0 aliphatic heterocycles. The molecule has 2 heterocycles. The maximum atomic E-state index is 13.0. The van der Waals surface area contributed by atoms with Crippen LogP contribution in [0.25, 0.3) is 11.0 Å². The third kappa shape index (κ3) is 3.73. The van der Waals surface area contributed by atoms with Crippen LogP contribution in [0.4, 0.5) is 13.2 Å². The highest BCUT2D eigenvalue weighted by Crippen LogP contribution is 2.30. The number of hydrogen-bond donors (Lipinski definition) is 2. The number of furan rings is 1. The lowest BCUT2D eigenvalue weighted by Crippen LogP contribution is -2.29. The van der Waals surface area contributed by atoms with Crippen molar-refractivity contribution in [2.45, 2.75) is 19.1 Å². The number of rotatable bonds is 4. The molecular weight excluding hydrogens is 383 g/mol. The smallest absolute Gasteiger partial charge is 0.449 e. The Morgan fingerprint density at radius 1 is 1.10 bits per heavy atom. The zero-order chi connectivity index (χ0) is 20.6. The first-order valence-corrected chi connectivity index (χ1v) is 8.79. The fraction of sp³-hybridized carbons (Fsp3) is 0.143. The van der Waals surface area contributed by atoms with Gasteiger partial charge in [-0.1, -0.05) is 36.4 Å². The molecular formula is C21H16F3N3O2. The first-order valence-electron chi connectivity index (χ1n) is 8.79. The molecule has 0 aliphatic rings. The second kappa shape index (κ2) is 7.12. The van der Waals surface area contributed by atoms with Crippen molar-refractivity contribution in [2.75, 3.05) is 0 Å². The van der Waals surface area contributed by atoms with Crippen LogP contribution in [0, 0.1) is 6.92 Å². The van der Waals surface area contributed by atoms with Crippen LogP contribution in [-0.4, -0.2) is 15.9 Å². The highest BCUT2D eigenvalue weighted by Gasteiger charge is 2.34. The minimum absolute atomic E-state index is 0.199. The summed E-state index contributed by atoms with van der Waals surface area (Å²) in [5.74, 6) is -0.919. The molecule has 0 bridgehead atoms. The van der Waals surface area contributed by atoms with E-state index in [9.17, 15) is 18.0 Å². The number of aryl methyl sites for hydroxylation is 1. The Morgan fingerprint density at radius 3 is 2.52 bits per heavy atom. The van der Waals surface area contributed by atoms with Gasteiger partial charge in [-0.2, -0.15) is 13.2 Å². The zero-order valence-electron chi connectivity index (χ0n) is 15.2. The lowest BCUT2D eigenvalue weighted by molar-refractivity contribution is -0.144. The molecule has 2 aromatic heterocycles. The van der Waals surface area contributed by atoms with Gasteiger partial charge in [0.2, 0.25) is 5.82 Å². The van der Waals surface area contributed by atoms with Gasteiger partial charge in [-0.15, -0.1) is 0 Å². The molecule has 0 saturated carbocycles. The summed E-state index contributed by atoms with van der Waals surface area (Å²) in [5, 5.41) is 2.94. The van der Waals surface area contributed by atoms with Gasteiger partial charge in [0.25, 0.3) is 5.91 Å². The van der Waals surface area contributed by atoms with Crippen molar-refractivity contribution < 1.29 is 22.4 Å². The molecule has 0 radical (unpaired) electrons. The number of carbonyl (C=O) groups excluding carboxylic acids is 1. The predicted octanol–water partition coefficient (Wildman–Crippen LogP) is 5.00. The second-order valence-electron chi connectivity index (χ2n) is 6.57. The van der Waals surface area contributed by atoms with Crippen LogP contribution in [0.1, 0.15) is 39.1 Å². The van der Waals surface area contributed by atoms with Gasteiger partial charge >= 0.3 is 6.18 Å². The highest BCUT2D eigenvalue weighted by atomic mass is 19.4. The molecule has 29 heavy (non-hydrogen) atoms. The molecule has 0 saturated heterocycles. The summed E-state index contributed by atoms with van der Waals surface area (Å²) in [4.78, 5) is 18.6. The van der Waals surface area contributed by atoms with Gasteiger partial charge in [0, 0.05) is 0 Å². The summed E-state index contributed by atoms with van der Waals surface area (Å²) >= 11 is 0. The largest absolute Gasteiger partial charge is 0.469 e. The third-order valence-electron chi connectivity index (χ3n) is 4.62. The van der Waals surface area contributed by atoms with E-state index in [2.05, 4.69) is 15.3 Å². The van der Waals surface area contributed by atoms with E-state index in [4.69, 9.17) is 4.42 Å². The van der Waals surface area contributed by atoms with Gasteiger partial charge in [0.1, 0.15) is 5.76 Å². The van der Waals surface area contributed by atoms with Crippen molar-refractivity contribution in [1.82, 2.24) is 15.3 Å². The van der Waals surface area contributed by atoms with Crippen LogP contribution in [0.15, 0.2) is 65.3 Å². The average Bonchev–Trinajstić information content (AvgIpc) is 3.32. The predicted molar refractivity (Wildman–Crippen MR) is 100 cm³/mol. The molecule has 0 fully saturated rings. The summed E-state index contributed by atoms with van der Waals surface area (Å²) in [6.45, 7) is 1.68. The first kappa shape index (κ1) is 18.8. The molecule has 5 nitrogen and oxygen atoms in total. The number of aromatic nitrogens is 2. The Bertz CT molecular complexity index is 1160. The second-order valence-corrected chi connectivity index (χ2v) is 6.57. The van der Waals surface area contributed by atoms with Crippen LogP contribution in [0.3, 0.4) is 0 Å². The molecule has 0 unspecified atom stereocenters. The lowest BCUT2D eigenvalue weighted by atomic mass is 9.98. The number of nitrogens with one attached hydrogen (secondary N) is 2. The fourth-order valence-electron chi connectivity index (χ4n) is 3.18. The molecule has 0 aliphatic carbocycles. The number of aromatic amines is 1. The average molecular weight is 399 g/mol. The monoisotopic (exact) mass is 399 g/mol.